The van der Waals surface area contributed by atoms with Gasteiger partial charge in [0.1, 0.15) is 5.69 Å². The zero-order valence-corrected chi connectivity index (χ0v) is 11.4. The van der Waals surface area contributed by atoms with Crippen LogP contribution in [0.2, 0.25) is 0 Å². The van der Waals surface area contributed by atoms with Crippen LogP contribution in [0, 0.1) is 0 Å². The number of pyridine rings is 1. The molecule has 1 aromatic rings. The minimum Gasteiger partial charge on any atom is -0.409 e. The lowest BCUT2D eigenvalue weighted by atomic mass is 10.2. The molecule has 7 nitrogen and oxygen atoms in total. The predicted molar refractivity (Wildman–Crippen MR) is 74.7 cm³/mol. The molecule has 4 N–H and O–H groups in total. The highest BCUT2D eigenvalue weighted by molar-refractivity contribution is 5.98. The van der Waals surface area contributed by atoms with Crippen molar-refractivity contribution in [2.24, 2.45) is 10.9 Å². The third-order valence-electron chi connectivity index (χ3n) is 3.32. The van der Waals surface area contributed by atoms with Crippen LogP contribution in [0.15, 0.2) is 23.5 Å². The molecule has 1 fully saturated rings. The molecule has 108 valence electrons. The van der Waals surface area contributed by atoms with Crippen molar-refractivity contribution in [1.29, 1.82) is 0 Å². The fraction of sp³-hybridized carbons (Fsp3) is 0.462. The third-order valence-corrected chi connectivity index (χ3v) is 3.32. The van der Waals surface area contributed by atoms with Gasteiger partial charge in [0.25, 0.3) is 5.91 Å². The second-order valence-corrected chi connectivity index (χ2v) is 4.89. The van der Waals surface area contributed by atoms with Gasteiger partial charge in [0, 0.05) is 30.9 Å². The van der Waals surface area contributed by atoms with Gasteiger partial charge in [0.2, 0.25) is 0 Å². The quantitative estimate of drug-likeness (QED) is 0.294. The Labute approximate surface area is 117 Å². The van der Waals surface area contributed by atoms with Crippen LogP contribution in [0.4, 0.5) is 0 Å². The number of amidine groups is 1. The number of nitrogens with two attached hydrogens (primary N) is 1. The lowest BCUT2D eigenvalue weighted by Gasteiger charge is -2.15. The second-order valence-electron chi connectivity index (χ2n) is 4.89. The Morgan fingerprint density at radius 1 is 1.60 bits per heavy atom. The van der Waals surface area contributed by atoms with Crippen LogP contribution in [0.1, 0.15) is 28.9 Å². The maximum absolute atomic E-state index is 11.9. The van der Waals surface area contributed by atoms with Crippen molar-refractivity contribution in [2.75, 3.05) is 20.1 Å². The summed E-state index contributed by atoms with van der Waals surface area (Å²) in [5.74, 6) is -0.254. The molecule has 0 bridgehead atoms. The fourth-order valence-corrected chi connectivity index (χ4v) is 1.87. The van der Waals surface area contributed by atoms with Crippen molar-refractivity contribution in [2.45, 2.75) is 18.9 Å². The number of nitrogens with one attached hydrogen (secondary N) is 1. The summed E-state index contributed by atoms with van der Waals surface area (Å²) >= 11 is 0. The summed E-state index contributed by atoms with van der Waals surface area (Å²) in [4.78, 5) is 18.1. The molecular formula is C13H19N5O2. The van der Waals surface area contributed by atoms with Crippen LogP contribution < -0.4 is 11.1 Å². The van der Waals surface area contributed by atoms with Crippen LogP contribution in [-0.4, -0.2) is 53.0 Å². The van der Waals surface area contributed by atoms with Crippen molar-refractivity contribution < 1.29 is 10.0 Å². The fourth-order valence-electron chi connectivity index (χ4n) is 1.87. The first kappa shape index (κ1) is 14.3. The zero-order valence-electron chi connectivity index (χ0n) is 11.4. The Morgan fingerprint density at radius 3 is 2.90 bits per heavy atom. The maximum Gasteiger partial charge on any atom is 0.269 e. The van der Waals surface area contributed by atoms with E-state index in [1.165, 1.54) is 19.0 Å². The van der Waals surface area contributed by atoms with Gasteiger partial charge in [-0.2, -0.15) is 0 Å². The number of carbonyl (C=O) groups excluding carboxylic acids is 1. The Balaban J connectivity index is 1.82. The summed E-state index contributed by atoms with van der Waals surface area (Å²) < 4.78 is 0. The Morgan fingerprint density at radius 2 is 2.35 bits per heavy atom. The van der Waals surface area contributed by atoms with Gasteiger partial charge in [-0.3, -0.25) is 9.78 Å². The number of likely N-dealkylation sites (N-methyl/N-ethyl adjacent to an activating group) is 1. The molecule has 0 spiro atoms. The van der Waals surface area contributed by atoms with E-state index in [1.807, 2.05) is 0 Å². The number of amides is 1. The van der Waals surface area contributed by atoms with Gasteiger partial charge < -0.3 is 21.2 Å². The highest BCUT2D eigenvalue weighted by Crippen LogP contribution is 2.24. The molecule has 1 aliphatic carbocycles. The van der Waals surface area contributed by atoms with Crippen molar-refractivity contribution in [3.8, 4) is 0 Å². The Bertz CT molecular complexity index is 496. The monoisotopic (exact) mass is 277 g/mol. The van der Waals surface area contributed by atoms with Gasteiger partial charge in [-0.15, -0.1) is 0 Å². The highest BCUT2D eigenvalue weighted by atomic mass is 16.4. The number of nitrogens with zero attached hydrogens (tertiary/aromatic N) is 3. The molecule has 1 heterocycles. The molecule has 2 rings (SSSR count). The number of oxime groups is 1. The van der Waals surface area contributed by atoms with E-state index in [9.17, 15) is 4.79 Å². The van der Waals surface area contributed by atoms with Crippen molar-refractivity contribution in [3.63, 3.8) is 0 Å². The summed E-state index contributed by atoms with van der Waals surface area (Å²) in [6.07, 6.45) is 3.91. The molecule has 1 amide bonds. The van der Waals surface area contributed by atoms with E-state index in [0.29, 0.717) is 23.8 Å². The van der Waals surface area contributed by atoms with E-state index in [4.69, 9.17) is 10.9 Å². The number of hydrogen-bond acceptors (Lipinski definition) is 5. The molecule has 1 aromatic heterocycles. The summed E-state index contributed by atoms with van der Waals surface area (Å²) in [6, 6.07) is 3.82. The topological polar surface area (TPSA) is 104 Å². The molecule has 0 aliphatic heterocycles. The largest absolute Gasteiger partial charge is 0.409 e. The first-order valence-corrected chi connectivity index (χ1v) is 6.54. The Hall–Kier alpha value is -2.15. The van der Waals surface area contributed by atoms with Crippen LogP contribution in [0.5, 0.6) is 0 Å². The molecular weight excluding hydrogens is 258 g/mol. The van der Waals surface area contributed by atoms with Gasteiger partial charge in [-0.1, -0.05) is 5.16 Å². The summed E-state index contributed by atoms with van der Waals surface area (Å²) in [5.41, 5.74) is 6.21. The molecule has 0 saturated heterocycles. The molecule has 0 radical (unpaired) electrons. The van der Waals surface area contributed by atoms with E-state index < -0.39 is 0 Å². The SMILES string of the molecule is CN(CCNC(=O)c1ccc(C(N)=NO)cn1)C1CC1. The molecule has 1 aliphatic rings. The second kappa shape index (κ2) is 6.33. The molecule has 0 atom stereocenters. The van der Waals surface area contributed by atoms with E-state index in [1.54, 1.807) is 12.1 Å². The number of rotatable bonds is 6. The third kappa shape index (κ3) is 3.67. The van der Waals surface area contributed by atoms with Crippen LogP contribution in [0.3, 0.4) is 0 Å². The average Bonchev–Trinajstić information content (AvgIpc) is 3.31. The number of carbonyl (C=O) groups is 1. The van der Waals surface area contributed by atoms with Crippen LogP contribution in [-0.2, 0) is 0 Å². The average molecular weight is 277 g/mol. The van der Waals surface area contributed by atoms with Gasteiger partial charge in [0.15, 0.2) is 5.84 Å². The normalized spacial score (nSPS) is 15.4. The summed E-state index contributed by atoms with van der Waals surface area (Å²) in [7, 11) is 2.06. The van der Waals surface area contributed by atoms with Crippen molar-refractivity contribution in [3.05, 3.63) is 29.6 Å². The highest BCUT2D eigenvalue weighted by Gasteiger charge is 2.25. The van der Waals surface area contributed by atoms with Crippen LogP contribution in [0.25, 0.3) is 0 Å². The minimum atomic E-state index is -0.222. The number of hydrogen-bond donors (Lipinski definition) is 3. The molecule has 7 heteroatoms. The molecule has 0 aromatic carbocycles. The van der Waals surface area contributed by atoms with E-state index in [2.05, 4.69) is 27.4 Å². The van der Waals surface area contributed by atoms with Crippen molar-refractivity contribution >= 4 is 11.7 Å². The zero-order chi connectivity index (χ0) is 14.5. The standard InChI is InChI=1S/C13H19N5O2/c1-18(10-3-4-10)7-6-15-13(19)11-5-2-9(8-16-11)12(14)17-20/h2,5,8,10,20H,3-4,6-7H2,1H3,(H2,14,17)(H,15,19). The Kier molecular flexibility index (Phi) is 4.52. The molecule has 1 saturated carbocycles. The molecule has 20 heavy (non-hydrogen) atoms. The van der Waals surface area contributed by atoms with Gasteiger partial charge in [-0.05, 0) is 32.0 Å². The summed E-state index contributed by atoms with van der Waals surface area (Å²) in [5, 5.41) is 14.2. The lowest BCUT2D eigenvalue weighted by molar-refractivity contribution is 0.0944. The van der Waals surface area contributed by atoms with E-state index in [-0.39, 0.29) is 11.7 Å². The van der Waals surface area contributed by atoms with E-state index >= 15 is 0 Å². The minimum absolute atomic E-state index is 0.0319. The lowest BCUT2D eigenvalue weighted by Crippen LogP contribution is -2.34. The van der Waals surface area contributed by atoms with Gasteiger partial charge in [-0.25, -0.2) is 0 Å². The van der Waals surface area contributed by atoms with Gasteiger partial charge >= 0.3 is 0 Å². The first-order valence-electron chi connectivity index (χ1n) is 6.54. The van der Waals surface area contributed by atoms with E-state index in [0.717, 1.165) is 6.54 Å². The van der Waals surface area contributed by atoms with Gasteiger partial charge in [0.05, 0.1) is 0 Å². The predicted octanol–water partition coefficient (Wildman–Crippen LogP) is 0.000100. The first-order chi connectivity index (χ1) is 9.61. The number of aromatic nitrogens is 1. The van der Waals surface area contributed by atoms with Crippen LogP contribution >= 0.6 is 0 Å². The summed E-state index contributed by atoms with van der Waals surface area (Å²) in [6.45, 7) is 1.42. The molecule has 0 unspecified atom stereocenters. The van der Waals surface area contributed by atoms with Crippen molar-refractivity contribution in [1.82, 2.24) is 15.2 Å². The smallest absolute Gasteiger partial charge is 0.269 e. The maximum atomic E-state index is 11.9.